The van der Waals surface area contributed by atoms with Crippen molar-refractivity contribution in [2.45, 2.75) is 18.7 Å². The molecule has 1 aromatic heterocycles. The van der Waals surface area contributed by atoms with Gasteiger partial charge in [-0.05, 0) is 52.9 Å². The van der Waals surface area contributed by atoms with Gasteiger partial charge in [0.05, 0.1) is 5.38 Å². The largest absolute Gasteiger partial charge is 0.152 e. The van der Waals surface area contributed by atoms with E-state index in [9.17, 15) is 0 Å². The molecule has 1 heterocycles. The third-order valence-electron chi connectivity index (χ3n) is 2.49. The fourth-order valence-corrected chi connectivity index (χ4v) is 3.08. The van der Waals surface area contributed by atoms with Gasteiger partial charge in [0.2, 0.25) is 0 Å². The van der Waals surface area contributed by atoms with Crippen molar-refractivity contribution in [1.29, 1.82) is 0 Å². The summed E-state index contributed by atoms with van der Waals surface area (Å²) in [4.78, 5) is 0. The molecule has 0 bridgehead atoms. The molecule has 3 heteroatoms. The minimum atomic E-state index is -0.0531. The molecule has 2 rings (SSSR count). The third kappa shape index (κ3) is 2.79. The fraction of sp³-hybridized carbons (Fsp3) is 0.231. The summed E-state index contributed by atoms with van der Waals surface area (Å²) in [5.41, 5.74) is 3.44. The second kappa shape index (κ2) is 5.22. The molecule has 0 saturated carbocycles. The van der Waals surface area contributed by atoms with E-state index in [1.54, 1.807) is 11.3 Å². The van der Waals surface area contributed by atoms with Crippen LogP contribution < -0.4 is 0 Å². The zero-order valence-corrected chi connectivity index (χ0v) is 11.2. The van der Waals surface area contributed by atoms with Crippen molar-refractivity contribution in [1.82, 2.24) is 0 Å². The Morgan fingerprint density at radius 2 is 2.12 bits per heavy atom. The highest BCUT2D eigenvalue weighted by molar-refractivity contribution is 7.07. The molecule has 1 aromatic carbocycles. The van der Waals surface area contributed by atoms with Gasteiger partial charge in [-0.2, -0.15) is 11.3 Å². The first-order chi connectivity index (χ1) is 7.66. The van der Waals surface area contributed by atoms with Crippen LogP contribution in [0, 0.1) is 6.92 Å². The highest BCUT2D eigenvalue weighted by Crippen LogP contribution is 2.31. The van der Waals surface area contributed by atoms with Gasteiger partial charge in [-0.15, -0.1) is 11.6 Å². The molecule has 0 aliphatic carbocycles. The first kappa shape index (κ1) is 12.0. The summed E-state index contributed by atoms with van der Waals surface area (Å²) in [5.74, 6) is 0. The lowest BCUT2D eigenvalue weighted by Gasteiger charge is -2.11. The topological polar surface area (TPSA) is 0 Å². The van der Waals surface area contributed by atoms with Crippen LogP contribution in [-0.2, 0) is 6.42 Å². The van der Waals surface area contributed by atoms with Crippen molar-refractivity contribution < 1.29 is 0 Å². The first-order valence-electron chi connectivity index (χ1n) is 5.08. The Bertz CT molecular complexity index is 463. The van der Waals surface area contributed by atoms with E-state index >= 15 is 0 Å². The Kier molecular flexibility index (Phi) is 3.91. The molecule has 0 amide bonds. The maximum Gasteiger partial charge on any atom is 0.0640 e. The summed E-state index contributed by atoms with van der Waals surface area (Å²) in [5, 5.41) is 4.89. The van der Waals surface area contributed by atoms with E-state index in [2.05, 4.69) is 16.8 Å². The van der Waals surface area contributed by atoms with E-state index in [-0.39, 0.29) is 5.38 Å². The highest BCUT2D eigenvalue weighted by Gasteiger charge is 2.12. The second-order valence-electron chi connectivity index (χ2n) is 3.83. The van der Waals surface area contributed by atoms with Crippen molar-refractivity contribution in [3.05, 3.63) is 56.7 Å². The van der Waals surface area contributed by atoms with Crippen LogP contribution >= 0.6 is 34.5 Å². The lowest BCUT2D eigenvalue weighted by Crippen LogP contribution is -1.96. The van der Waals surface area contributed by atoms with Crippen LogP contribution in [0.1, 0.15) is 22.1 Å². The number of aryl methyl sites for hydroxylation is 1. The van der Waals surface area contributed by atoms with Crippen LogP contribution in [-0.4, -0.2) is 0 Å². The molecule has 2 aromatic rings. The summed E-state index contributed by atoms with van der Waals surface area (Å²) in [6.07, 6.45) is 0.827. The molecule has 0 aliphatic rings. The summed E-state index contributed by atoms with van der Waals surface area (Å²) in [7, 11) is 0. The minimum Gasteiger partial charge on any atom is -0.152 e. The molecular weight excluding hydrogens is 259 g/mol. The molecule has 16 heavy (non-hydrogen) atoms. The Balaban J connectivity index is 2.17. The van der Waals surface area contributed by atoms with Gasteiger partial charge in [0, 0.05) is 5.02 Å². The molecule has 1 atom stereocenters. The Labute approximate surface area is 110 Å². The van der Waals surface area contributed by atoms with Gasteiger partial charge in [0.1, 0.15) is 0 Å². The summed E-state index contributed by atoms with van der Waals surface area (Å²) >= 11 is 14.2. The van der Waals surface area contributed by atoms with Gasteiger partial charge in [-0.25, -0.2) is 0 Å². The zero-order chi connectivity index (χ0) is 11.5. The van der Waals surface area contributed by atoms with E-state index in [0.29, 0.717) is 0 Å². The number of hydrogen-bond acceptors (Lipinski definition) is 1. The number of alkyl halides is 1. The first-order valence-corrected chi connectivity index (χ1v) is 6.84. The highest BCUT2D eigenvalue weighted by atomic mass is 35.5. The van der Waals surface area contributed by atoms with E-state index in [0.717, 1.165) is 22.6 Å². The van der Waals surface area contributed by atoms with Crippen LogP contribution in [0.2, 0.25) is 5.02 Å². The van der Waals surface area contributed by atoms with Crippen molar-refractivity contribution in [2.75, 3.05) is 0 Å². The van der Waals surface area contributed by atoms with E-state index < -0.39 is 0 Å². The normalized spacial score (nSPS) is 12.7. The van der Waals surface area contributed by atoms with Gasteiger partial charge in [0.25, 0.3) is 0 Å². The predicted molar refractivity (Wildman–Crippen MR) is 72.8 cm³/mol. The van der Waals surface area contributed by atoms with Crippen LogP contribution in [0.4, 0.5) is 0 Å². The lowest BCUT2D eigenvalue weighted by atomic mass is 10.0. The summed E-state index contributed by atoms with van der Waals surface area (Å²) in [6.45, 7) is 2.03. The molecular formula is C13H12Cl2S. The molecule has 0 radical (unpaired) electrons. The van der Waals surface area contributed by atoms with E-state index in [1.165, 1.54) is 5.56 Å². The predicted octanol–water partition coefficient (Wildman–Crippen LogP) is 5.23. The number of thiophene rings is 1. The Morgan fingerprint density at radius 3 is 2.75 bits per heavy atom. The Hall–Kier alpha value is -0.500. The minimum absolute atomic E-state index is 0.0531. The number of halogens is 2. The van der Waals surface area contributed by atoms with Gasteiger partial charge in [-0.1, -0.05) is 23.7 Å². The molecule has 1 unspecified atom stereocenters. The average Bonchev–Trinajstić information content (AvgIpc) is 2.70. The fourth-order valence-electron chi connectivity index (χ4n) is 1.61. The molecule has 0 spiro atoms. The standard InChI is InChI=1S/C13H12Cl2S/c1-9-2-3-11(12(14)6-9)13(15)7-10-4-5-16-8-10/h2-6,8,13H,7H2,1H3. The van der Waals surface area contributed by atoms with E-state index in [1.807, 2.05) is 25.1 Å². The zero-order valence-electron chi connectivity index (χ0n) is 8.91. The maximum absolute atomic E-state index is 6.38. The summed E-state index contributed by atoms with van der Waals surface area (Å²) in [6, 6.07) is 8.12. The van der Waals surface area contributed by atoms with Crippen LogP contribution in [0.15, 0.2) is 35.0 Å². The average molecular weight is 271 g/mol. The molecule has 0 aliphatic heterocycles. The van der Waals surface area contributed by atoms with Gasteiger partial charge in [0.15, 0.2) is 0 Å². The number of rotatable bonds is 3. The molecule has 0 saturated heterocycles. The van der Waals surface area contributed by atoms with Crippen LogP contribution in [0.3, 0.4) is 0 Å². The SMILES string of the molecule is Cc1ccc(C(Cl)Cc2ccsc2)c(Cl)c1. The second-order valence-corrected chi connectivity index (χ2v) is 5.54. The van der Waals surface area contributed by atoms with Crippen molar-refractivity contribution in [3.63, 3.8) is 0 Å². The van der Waals surface area contributed by atoms with Crippen molar-refractivity contribution >= 4 is 34.5 Å². The number of hydrogen-bond donors (Lipinski definition) is 0. The molecule has 84 valence electrons. The maximum atomic E-state index is 6.38. The van der Waals surface area contributed by atoms with Crippen LogP contribution in [0.5, 0.6) is 0 Å². The molecule has 0 nitrogen and oxygen atoms in total. The van der Waals surface area contributed by atoms with Crippen LogP contribution in [0.25, 0.3) is 0 Å². The van der Waals surface area contributed by atoms with Crippen molar-refractivity contribution in [2.24, 2.45) is 0 Å². The number of benzene rings is 1. The summed E-state index contributed by atoms with van der Waals surface area (Å²) < 4.78 is 0. The van der Waals surface area contributed by atoms with Crippen molar-refractivity contribution in [3.8, 4) is 0 Å². The quantitative estimate of drug-likeness (QED) is 0.670. The smallest absolute Gasteiger partial charge is 0.0640 e. The van der Waals surface area contributed by atoms with Gasteiger partial charge >= 0.3 is 0 Å². The van der Waals surface area contributed by atoms with Gasteiger partial charge in [-0.3, -0.25) is 0 Å². The van der Waals surface area contributed by atoms with Gasteiger partial charge < -0.3 is 0 Å². The third-order valence-corrected chi connectivity index (χ3v) is 3.94. The molecule has 0 N–H and O–H groups in total. The Morgan fingerprint density at radius 1 is 1.31 bits per heavy atom. The lowest BCUT2D eigenvalue weighted by molar-refractivity contribution is 0.924. The molecule has 0 fully saturated rings. The monoisotopic (exact) mass is 270 g/mol. The van der Waals surface area contributed by atoms with E-state index in [4.69, 9.17) is 23.2 Å².